The second kappa shape index (κ2) is 6.23. The lowest BCUT2D eigenvalue weighted by Crippen LogP contribution is -2.42. The molecule has 0 saturated heterocycles. The Kier molecular flexibility index (Phi) is 4.78. The molecule has 2 fully saturated rings. The molecule has 0 unspecified atom stereocenters. The normalized spacial score (nSPS) is 33.7. The Bertz CT molecular complexity index is 403. The lowest BCUT2D eigenvalue weighted by molar-refractivity contribution is -0.182. The third-order valence-electron chi connectivity index (χ3n) is 4.69. The molecule has 1 amide bonds. The van der Waals surface area contributed by atoms with Gasteiger partial charge in [-0.05, 0) is 44.9 Å². The van der Waals surface area contributed by atoms with Crippen molar-refractivity contribution in [3.05, 3.63) is 0 Å². The predicted molar refractivity (Wildman–Crippen MR) is 68.4 cm³/mol. The molecule has 0 aliphatic heterocycles. The van der Waals surface area contributed by atoms with Crippen LogP contribution in [0.25, 0.3) is 0 Å². The van der Waals surface area contributed by atoms with Crippen molar-refractivity contribution in [2.45, 2.75) is 57.2 Å². The van der Waals surface area contributed by atoms with E-state index in [1.54, 1.807) is 0 Å². The molecule has 2 N–H and O–H groups in total. The van der Waals surface area contributed by atoms with Crippen molar-refractivity contribution in [3.63, 3.8) is 0 Å². The molecule has 2 aliphatic carbocycles. The third-order valence-corrected chi connectivity index (χ3v) is 4.69. The summed E-state index contributed by atoms with van der Waals surface area (Å²) < 4.78 is 37.7. The van der Waals surface area contributed by atoms with Gasteiger partial charge in [-0.1, -0.05) is 0 Å². The molecule has 0 aromatic rings. The molecule has 4 nitrogen and oxygen atoms in total. The summed E-state index contributed by atoms with van der Waals surface area (Å²) in [4.78, 5) is 22.9. The number of rotatable bonds is 3. The Morgan fingerprint density at radius 3 is 2.00 bits per heavy atom. The number of aliphatic carboxylic acids is 1. The van der Waals surface area contributed by atoms with Gasteiger partial charge in [-0.15, -0.1) is 0 Å². The number of hydrogen-bond donors (Lipinski definition) is 2. The van der Waals surface area contributed by atoms with E-state index >= 15 is 0 Å². The highest BCUT2D eigenvalue weighted by Gasteiger charge is 2.42. The highest BCUT2D eigenvalue weighted by molar-refractivity contribution is 5.81. The van der Waals surface area contributed by atoms with Gasteiger partial charge in [0.25, 0.3) is 0 Å². The van der Waals surface area contributed by atoms with Crippen LogP contribution in [-0.2, 0) is 9.59 Å². The van der Waals surface area contributed by atoms with E-state index in [9.17, 15) is 22.8 Å². The van der Waals surface area contributed by atoms with E-state index in [4.69, 9.17) is 5.11 Å². The summed E-state index contributed by atoms with van der Waals surface area (Å²) in [6, 6.07) is -0.208. The van der Waals surface area contributed by atoms with Crippen LogP contribution >= 0.6 is 0 Å². The van der Waals surface area contributed by atoms with Gasteiger partial charge in [-0.2, -0.15) is 13.2 Å². The van der Waals surface area contributed by atoms with Crippen LogP contribution in [0.3, 0.4) is 0 Å². The van der Waals surface area contributed by atoms with Gasteiger partial charge in [-0.3, -0.25) is 9.59 Å². The summed E-state index contributed by atoms with van der Waals surface area (Å²) in [6.45, 7) is 0. The summed E-state index contributed by atoms with van der Waals surface area (Å²) in [5.74, 6) is -3.12. The number of amides is 1. The van der Waals surface area contributed by atoms with Crippen LogP contribution in [0, 0.1) is 17.8 Å². The molecule has 0 radical (unpaired) electrons. The molecule has 120 valence electrons. The first-order valence-corrected chi connectivity index (χ1v) is 7.37. The zero-order valence-electron chi connectivity index (χ0n) is 11.7. The van der Waals surface area contributed by atoms with Crippen molar-refractivity contribution < 1.29 is 27.9 Å². The van der Waals surface area contributed by atoms with Crippen LogP contribution < -0.4 is 5.32 Å². The van der Waals surface area contributed by atoms with Crippen molar-refractivity contribution >= 4 is 11.9 Å². The topological polar surface area (TPSA) is 66.4 Å². The summed E-state index contributed by atoms with van der Waals surface area (Å²) in [5, 5.41) is 11.7. The fourth-order valence-corrected chi connectivity index (χ4v) is 3.33. The largest absolute Gasteiger partial charge is 0.481 e. The first-order chi connectivity index (χ1) is 9.77. The monoisotopic (exact) mass is 307 g/mol. The van der Waals surface area contributed by atoms with Crippen LogP contribution in [0.4, 0.5) is 13.2 Å². The van der Waals surface area contributed by atoms with E-state index in [2.05, 4.69) is 5.32 Å². The number of alkyl halides is 3. The van der Waals surface area contributed by atoms with Gasteiger partial charge in [0.1, 0.15) is 0 Å². The maximum absolute atomic E-state index is 12.6. The van der Waals surface area contributed by atoms with Gasteiger partial charge in [0.15, 0.2) is 0 Å². The molecule has 2 saturated carbocycles. The van der Waals surface area contributed by atoms with E-state index < -0.39 is 24.0 Å². The maximum Gasteiger partial charge on any atom is 0.391 e. The Balaban J connectivity index is 1.76. The minimum Gasteiger partial charge on any atom is -0.481 e. The Morgan fingerprint density at radius 1 is 0.952 bits per heavy atom. The molecule has 2 aliphatic rings. The van der Waals surface area contributed by atoms with Crippen molar-refractivity contribution in [1.82, 2.24) is 5.32 Å². The minimum absolute atomic E-state index is 0.0524. The molecule has 0 aromatic heterocycles. The van der Waals surface area contributed by atoms with E-state index in [0.717, 1.165) is 0 Å². The van der Waals surface area contributed by atoms with Gasteiger partial charge in [0.05, 0.1) is 11.8 Å². The van der Waals surface area contributed by atoms with Crippen molar-refractivity contribution in [3.8, 4) is 0 Å². The lowest BCUT2D eigenvalue weighted by atomic mass is 9.85. The number of carboxylic acids is 1. The molecule has 7 heteroatoms. The third kappa shape index (κ3) is 4.11. The maximum atomic E-state index is 12.6. The van der Waals surface area contributed by atoms with Crippen LogP contribution in [0.1, 0.15) is 44.9 Å². The van der Waals surface area contributed by atoms with Crippen molar-refractivity contribution in [2.24, 2.45) is 17.8 Å². The average molecular weight is 307 g/mol. The van der Waals surface area contributed by atoms with Crippen molar-refractivity contribution in [2.75, 3.05) is 0 Å². The summed E-state index contributed by atoms with van der Waals surface area (Å²) in [5.41, 5.74) is 0. The second-order valence-electron chi connectivity index (χ2n) is 6.14. The van der Waals surface area contributed by atoms with Crippen LogP contribution in [-0.4, -0.2) is 29.2 Å². The summed E-state index contributed by atoms with van der Waals surface area (Å²) in [7, 11) is 0. The number of carbonyl (C=O) groups is 2. The zero-order chi connectivity index (χ0) is 15.6. The first kappa shape index (κ1) is 16.1. The van der Waals surface area contributed by atoms with Crippen LogP contribution in [0.2, 0.25) is 0 Å². The van der Waals surface area contributed by atoms with E-state index in [1.165, 1.54) is 0 Å². The lowest BCUT2D eigenvalue weighted by Gasteiger charge is -2.30. The van der Waals surface area contributed by atoms with Gasteiger partial charge in [-0.25, -0.2) is 0 Å². The number of carboxylic acid groups (broad SMARTS) is 1. The number of carbonyl (C=O) groups excluding carboxylic acids is 1. The molecule has 2 rings (SSSR count). The summed E-state index contributed by atoms with van der Waals surface area (Å²) in [6.07, 6.45) is -1.99. The van der Waals surface area contributed by atoms with E-state index in [-0.39, 0.29) is 30.7 Å². The number of hydrogen-bond acceptors (Lipinski definition) is 2. The molecular formula is C14H20F3NO3. The second-order valence-corrected chi connectivity index (χ2v) is 6.14. The van der Waals surface area contributed by atoms with Crippen LogP contribution in [0.5, 0.6) is 0 Å². The Labute approximate surface area is 121 Å². The highest BCUT2D eigenvalue weighted by Crippen LogP contribution is 2.38. The van der Waals surface area contributed by atoms with E-state index in [0.29, 0.717) is 32.1 Å². The smallest absolute Gasteiger partial charge is 0.391 e. The SMILES string of the molecule is O=C(O)[C@@H]1CC[C@H](C(=O)NC2CCC(C(F)(F)F)CC2)C1. The van der Waals surface area contributed by atoms with Crippen molar-refractivity contribution in [1.29, 1.82) is 0 Å². The van der Waals surface area contributed by atoms with Gasteiger partial charge >= 0.3 is 12.1 Å². The molecule has 0 heterocycles. The van der Waals surface area contributed by atoms with Crippen LogP contribution in [0.15, 0.2) is 0 Å². The number of halogens is 3. The average Bonchev–Trinajstić information content (AvgIpc) is 2.88. The molecule has 0 bridgehead atoms. The van der Waals surface area contributed by atoms with Gasteiger partial charge < -0.3 is 10.4 Å². The first-order valence-electron chi connectivity index (χ1n) is 7.37. The zero-order valence-corrected chi connectivity index (χ0v) is 11.7. The molecule has 21 heavy (non-hydrogen) atoms. The fourth-order valence-electron chi connectivity index (χ4n) is 3.33. The predicted octanol–water partition coefficient (Wildman–Crippen LogP) is 2.72. The molecule has 0 spiro atoms. The summed E-state index contributed by atoms with van der Waals surface area (Å²) >= 11 is 0. The highest BCUT2D eigenvalue weighted by atomic mass is 19.4. The number of nitrogens with one attached hydrogen (secondary N) is 1. The Hall–Kier alpha value is -1.27. The minimum atomic E-state index is -4.14. The quantitative estimate of drug-likeness (QED) is 0.842. The van der Waals surface area contributed by atoms with Gasteiger partial charge in [0, 0.05) is 12.0 Å². The fraction of sp³-hybridized carbons (Fsp3) is 0.857. The van der Waals surface area contributed by atoms with E-state index in [1.807, 2.05) is 0 Å². The molecule has 0 aromatic carbocycles. The molecule has 2 atom stereocenters. The standard InChI is InChI=1S/C14H20F3NO3/c15-14(16,17)10-3-5-11(6-4-10)18-12(19)8-1-2-9(7-8)13(20)21/h8-11H,1-7H2,(H,18,19)(H,20,21)/t8-,9+,10?,11?/m0/s1. The molecular weight excluding hydrogens is 287 g/mol. The van der Waals surface area contributed by atoms with Gasteiger partial charge in [0.2, 0.25) is 5.91 Å². The Morgan fingerprint density at radius 2 is 1.52 bits per heavy atom.